The third-order valence-electron chi connectivity index (χ3n) is 3.70. The summed E-state index contributed by atoms with van der Waals surface area (Å²) in [6.07, 6.45) is 1.73. The summed E-state index contributed by atoms with van der Waals surface area (Å²) in [5, 5.41) is 5.92. The molecule has 26 heavy (non-hydrogen) atoms. The minimum absolute atomic E-state index is 0.0983. The lowest BCUT2D eigenvalue weighted by Gasteiger charge is -2.09. The molecule has 0 spiro atoms. The molecule has 0 atom stereocenters. The van der Waals surface area contributed by atoms with Gasteiger partial charge in [0.15, 0.2) is 0 Å². The van der Waals surface area contributed by atoms with E-state index in [-0.39, 0.29) is 12.5 Å². The Hall–Kier alpha value is -3.18. The first-order chi connectivity index (χ1) is 12.8. The number of aromatic nitrogens is 1. The molecule has 2 aromatic carbocycles. The van der Waals surface area contributed by atoms with Gasteiger partial charge in [0.2, 0.25) is 5.91 Å². The topological polar surface area (TPSA) is 63.2 Å². The van der Waals surface area contributed by atoms with Crippen molar-refractivity contribution in [3.05, 3.63) is 90.3 Å². The molecular weight excluding hydrogens is 326 g/mol. The van der Waals surface area contributed by atoms with Gasteiger partial charge in [-0.1, -0.05) is 36.4 Å². The second kappa shape index (κ2) is 9.34. The highest BCUT2D eigenvalue weighted by molar-refractivity contribution is 5.92. The molecule has 3 rings (SSSR count). The van der Waals surface area contributed by atoms with E-state index in [1.54, 1.807) is 6.20 Å². The normalized spacial score (nSPS) is 10.3. The van der Waals surface area contributed by atoms with Crippen molar-refractivity contribution < 1.29 is 9.53 Å². The van der Waals surface area contributed by atoms with Crippen LogP contribution in [0.4, 0.5) is 5.69 Å². The zero-order valence-electron chi connectivity index (χ0n) is 14.4. The second-order valence-corrected chi connectivity index (χ2v) is 5.77. The van der Waals surface area contributed by atoms with Gasteiger partial charge in [-0.3, -0.25) is 9.78 Å². The van der Waals surface area contributed by atoms with Crippen LogP contribution in [0.3, 0.4) is 0 Å². The van der Waals surface area contributed by atoms with E-state index >= 15 is 0 Å². The molecule has 0 bridgehead atoms. The van der Waals surface area contributed by atoms with Crippen LogP contribution in [-0.2, 0) is 17.9 Å². The molecule has 1 aromatic heterocycles. The van der Waals surface area contributed by atoms with E-state index in [1.807, 2.05) is 72.8 Å². The number of hydrogen-bond acceptors (Lipinski definition) is 4. The maximum atomic E-state index is 12.0. The maximum Gasteiger partial charge on any atom is 0.238 e. The van der Waals surface area contributed by atoms with Crippen molar-refractivity contribution in [2.45, 2.75) is 13.2 Å². The van der Waals surface area contributed by atoms with Gasteiger partial charge in [0.1, 0.15) is 12.4 Å². The number of benzene rings is 2. The van der Waals surface area contributed by atoms with E-state index in [4.69, 9.17) is 4.74 Å². The first-order valence-electron chi connectivity index (χ1n) is 8.47. The number of carbonyl (C=O) groups excluding carboxylic acids is 1. The standard InChI is InChI=1S/C21H21N3O2/c25-21(15-22-14-19-8-4-5-13-23-19)24-18-9-11-20(12-10-18)26-16-17-6-2-1-3-7-17/h1-13,22H,14-16H2,(H,24,25). The fraction of sp³-hybridized carbons (Fsp3) is 0.143. The van der Waals surface area contributed by atoms with Crippen LogP contribution in [0.25, 0.3) is 0 Å². The minimum Gasteiger partial charge on any atom is -0.489 e. The molecule has 0 unspecified atom stereocenters. The van der Waals surface area contributed by atoms with E-state index in [0.29, 0.717) is 13.2 Å². The van der Waals surface area contributed by atoms with Crippen molar-refractivity contribution in [1.29, 1.82) is 0 Å². The molecule has 0 aliphatic carbocycles. The smallest absolute Gasteiger partial charge is 0.238 e. The van der Waals surface area contributed by atoms with Gasteiger partial charge >= 0.3 is 0 Å². The summed E-state index contributed by atoms with van der Waals surface area (Å²) in [4.78, 5) is 16.2. The Morgan fingerprint density at radius 3 is 2.42 bits per heavy atom. The average molecular weight is 347 g/mol. The van der Waals surface area contributed by atoms with Gasteiger partial charge in [0.25, 0.3) is 0 Å². The first-order valence-corrected chi connectivity index (χ1v) is 8.47. The average Bonchev–Trinajstić information content (AvgIpc) is 2.69. The Kier molecular flexibility index (Phi) is 6.34. The molecule has 2 N–H and O–H groups in total. The molecule has 1 amide bonds. The fourth-order valence-electron chi connectivity index (χ4n) is 2.39. The maximum absolute atomic E-state index is 12.0. The van der Waals surface area contributed by atoms with Gasteiger partial charge in [-0.25, -0.2) is 0 Å². The Bertz CT molecular complexity index is 806. The quantitative estimate of drug-likeness (QED) is 0.656. The summed E-state index contributed by atoms with van der Waals surface area (Å²) in [7, 11) is 0. The molecule has 3 aromatic rings. The van der Waals surface area contributed by atoms with Crippen LogP contribution in [0.5, 0.6) is 5.75 Å². The van der Waals surface area contributed by atoms with Gasteiger partial charge in [-0.15, -0.1) is 0 Å². The Morgan fingerprint density at radius 1 is 0.923 bits per heavy atom. The summed E-state index contributed by atoms with van der Waals surface area (Å²) in [6.45, 7) is 1.30. The number of hydrogen-bond donors (Lipinski definition) is 2. The lowest BCUT2D eigenvalue weighted by atomic mass is 10.2. The van der Waals surface area contributed by atoms with Crippen molar-refractivity contribution >= 4 is 11.6 Å². The monoisotopic (exact) mass is 347 g/mol. The number of nitrogens with one attached hydrogen (secondary N) is 2. The SMILES string of the molecule is O=C(CNCc1ccccn1)Nc1ccc(OCc2ccccc2)cc1. The molecule has 132 valence electrons. The molecule has 0 fully saturated rings. The molecule has 0 aliphatic heterocycles. The summed E-state index contributed by atoms with van der Waals surface area (Å²) in [5.41, 5.74) is 2.76. The lowest BCUT2D eigenvalue weighted by Crippen LogP contribution is -2.27. The third-order valence-corrected chi connectivity index (χ3v) is 3.70. The number of pyridine rings is 1. The van der Waals surface area contributed by atoms with Crippen molar-refractivity contribution in [3.63, 3.8) is 0 Å². The van der Waals surface area contributed by atoms with Gasteiger partial charge in [0, 0.05) is 18.4 Å². The minimum atomic E-state index is -0.0983. The zero-order chi connectivity index (χ0) is 18.0. The highest BCUT2D eigenvalue weighted by Gasteiger charge is 2.03. The number of carbonyl (C=O) groups is 1. The summed E-state index contributed by atoms with van der Waals surface area (Å²) in [5.74, 6) is 0.666. The number of nitrogens with zero attached hydrogens (tertiary/aromatic N) is 1. The van der Waals surface area contributed by atoms with E-state index in [9.17, 15) is 4.79 Å². The molecule has 0 saturated heterocycles. The number of rotatable bonds is 8. The number of ether oxygens (including phenoxy) is 1. The van der Waals surface area contributed by atoms with Crippen LogP contribution in [0.15, 0.2) is 79.0 Å². The first kappa shape index (κ1) is 17.6. The van der Waals surface area contributed by atoms with Gasteiger partial charge in [0.05, 0.1) is 12.2 Å². The van der Waals surface area contributed by atoms with Crippen molar-refractivity contribution in [3.8, 4) is 5.75 Å². The number of anilines is 1. The van der Waals surface area contributed by atoms with Crippen LogP contribution in [0.2, 0.25) is 0 Å². The summed E-state index contributed by atoms with van der Waals surface area (Å²) >= 11 is 0. The van der Waals surface area contributed by atoms with Crippen LogP contribution in [0.1, 0.15) is 11.3 Å². The molecule has 0 saturated carbocycles. The zero-order valence-corrected chi connectivity index (χ0v) is 14.4. The van der Waals surface area contributed by atoms with Crippen LogP contribution in [-0.4, -0.2) is 17.4 Å². The molecule has 0 aliphatic rings. The van der Waals surface area contributed by atoms with Gasteiger partial charge in [-0.2, -0.15) is 0 Å². The number of amides is 1. The Balaban J connectivity index is 1.41. The molecule has 5 nitrogen and oxygen atoms in total. The summed E-state index contributed by atoms with van der Waals surface area (Å²) in [6, 6.07) is 23.0. The predicted octanol–water partition coefficient (Wildman–Crippen LogP) is 3.39. The molecule has 0 radical (unpaired) electrons. The van der Waals surface area contributed by atoms with E-state index < -0.39 is 0 Å². The van der Waals surface area contributed by atoms with E-state index in [2.05, 4.69) is 15.6 Å². The highest BCUT2D eigenvalue weighted by atomic mass is 16.5. The van der Waals surface area contributed by atoms with Crippen molar-refractivity contribution in [1.82, 2.24) is 10.3 Å². The highest BCUT2D eigenvalue weighted by Crippen LogP contribution is 2.17. The Morgan fingerprint density at radius 2 is 1.69 bits per heavy atom. The lowest BCUT2D eigenvalue weighted by molar-refractivity contribution is -0.115. The molecule has 5 heteroatoms. The largest absolute Gasteiger partial charge is 0.489 e. The van der Waals surface area contributed by atoms with Gasteiger partial charge < -0.3 is 15.4 Å². The molecule has 1 heterocycles. The molecular formula is C21H21N3O2. The van der Waals surface area contributed by atoms with Crippen LogP contribution < -0.4 is 15.4 Å². The second-order valence-electron chi connectivity index (χ2n) is 5.77. The summed E-state index contributed by atoms with van der Waals surface area (Å²) < 4.78 is 5.73. The van der Waals surface area contributed by atoms with Crippen LogP contribution >= 0.6 is 0 Å². The Labute approximate surface area is 153 Å². The van der Waals surface area contributed by atoms with Crippen molar-refractivity contribution in [2.75, 3.05) is 11.9 Å². The van der Waals surface area contributed by atoms with Gasteiger partial charge in [-0.05, 0) is 42.0 Å². The fourth-order valence-corrected chi connectivity index (χ4v) is 2.39. The van der Waals surface area contributed by atoms with E-state index in [0.717, 1.165) is 22.7 Å². The predicted molar refractivity (Wildman–Crippen MR) is 102 cm³/mol. The van der Waals surface area contributed by atoms with Crippen molar-refractivity contribution in [2.24, 2.45) is 0 Å². The van der Waals surface area contributed by atoms with E-state index in [1.165, 1.54) is 0 Å². The van der Waals surface area contributed by atoms with Crippen LogP contribution in [0, 0.1) is 0 Å². The third kappa shape index (κ3) is 5.72.